The monoisotopic (exact) mass is 217 g/mol. The molecule has 0 aliphatic heterocycles. The second-order valence-electron chi connectivity index (χ2n) is 2.73. The summed E-state index contributed by atoms with van der Waals surface area (Å²) in [5, 5.41) is 19.8. The molecule has 0 saturated heterocycles. The van der Waals surface area contributed by atoms with Crippen LogP contribution in [0.4, 0.5) is 0 Å². The number of carbonyl (C=O) groups excluding carboxylic acids is 1. The van der Waals surface area contributed by atoms with Gasteiger partial charge in [0.1, 0.15) is 0 Å². The van der Waals surface area contributed by atoms with E-state index < -0.39 is 6.10 Å². The summed E-state index contributed by atoms with van der Waals surface area (Å²) in [6, 6.07) is 0. The Morgan fingerprint density at radius 2 is 2.36 bits per heavy atom. The fourth-order valence-corrected chi connectivity index (χ4v) is 1.52. The van der Waals surface area contributed by atoms with E-state index in [1.165, 1.54) is 11.8 Å². The molecule has 80 valence electrons. The van der Waals surface area contributed by atoms with Gasteiger partial charge in [0.05, 0.1) is 24.5 Å². The van der Waals surface area contributed by atoms with Crippen molar-refractivity contribution in [1.82, 2.24) is 5.32 Å². The lowest BCUT2D eigenvalue weighted by Gasteiger charge is -2.12. The lowest BCUT2D eigenvalue weighted by Crippen LogP contribution is -2.32. The van der Waals surface area contributed by atoms with Gasteiger partial charge in [0.25, 0.3) is 0 Å². The number of thioether (sulfide) groups is 1. The van der Waals surface area contributed by atoms with E-state index >= 15 is 0 Å². The first-order chi connectivity index (χ1) is 6.61. The van der Waals surface area contributed by atoms with Gasteiger partial charge < -0.3 is 15.5 Å². The number of terminal acetylenes is 1. The molecule has 0 aliphatic carbocycles. The lowest BCUT2D eigenvalue weighted by atomic mass is 10.4. The summed E-state index contributed by atoms with van der Waals surface area (Å²) in [5.74, 6) is 2.48. The summed E-state index contributed by atoms with van der Waals surface area (Å²) in [5.41, 5.74) is 0. The topological polar surface area (TPSA) is 69.6 Å². The maximum atomic E-state index is 11.2. The van der Waals surface area contributed by atoms with Gasteiger partial charge >= 0.3 is 0 Å². The molecular weight excluding hydrogens is 202 g/mol. The van der Waals surface area contributed by atoms with E-state index in [0.717, 1.165) is 0 Å². The highest BCUT2D eigenvalue weighted by molar-refractivity contribution is 8.00. The van der Waals surface area contributed by atoms with Crippen LogP contribution in [0, 0.1) is 12.3 Å². The highest BCUT2D eigenvalue weighted by atomic mass is 32.2. The van der Waals surface area contributed by atoms with Gasteiger partial charge in [-0.2, -0.15) is 0 Å². The highest BCUT2D eigenvalue weighted by Crippen LogP contribution is 2.11. The van der Waals surface area contributed by atoms with Crippen molar-refractivity contribution >= 4 is 17.7 Å². The van der Waals surface area contributed by atoms with Crippen LogP contribution in [-0.4, -0.2) is 46.4 Å². The van der Waals surface area contributed by atoms with Crippen LogP contribution in [0.3, 0.4) is 0 Å². The molecule has 0 radical (unpaired) electrons. The quantitative estimate of drug-likeness (QED) is 0.510. The summed E-state index contributed by atoms with van der Waals surface area (Å²) < 4.78 is 0. The Hall–Kier alpha value is -0.700. The minimum atomic E-state index is -0.775. The molecular formula is C9H15NO3S. The number of hydrogen-bond acceptors (Lipinski definition) is 4. The van der Waals surface area contributed by atoms with E-state index in [4.69, 9.17) is 16.6 Å². The Kier molecular flexibility index (Phi) is 7.30. The number of rotatable bonds is 6. The normalized spacial score (nSPS) is 14.1. The zero-order valence-electron chi connectivity index (χ0n) is 8.06. The molecule has 2 unspecified atom stereocenters. The van der Waals surface area contributed by atoms with Gasteiger partial charge in [0, 0.05) is 5.75 Å². The first-order valence-corrected chi connectivity index (χ1v) is 5.28. The molecule has 0 heterocycles. The molecule has 0 aromatic rings. The van der Waals surface area contributed by atoms with Crippen LogP contribution in [-0.2, 0) is 4.79 Å². The van der Waals surface area contributed by atoms with Crippen molar-refractivity contribution in [3.05, 3.63) is 0 Å². The molecule has 0 aromatic heterocycles. The van der Waals surface area contributed by atoms with E-state index in [-0.39, 0.29) is 24.3 Å². The Labute approximate surface area is 88.1 Å². The third-order valence-electron chi connectivity index (χ3n) is 1.48. The Bertz CT molecular complexity index is 215. The number of aliphatic hydroxyl groups excluding tert-OH is 2. The standard InChI is InChI=1S/C9H15NO3S/c1-3-4-10-9(13)7(2)14-6-8(12)5-11/h1,7-8,11-12H,4-6H2,2H3,(H,10,13). The largest absolute Gasteiger partial charge is 0.394 e. The average molecular weight is 217 g/mol. The maximum Gasteiger partial charge on any atom is 0.233 e. The fraction of sp³-hybridized carbons (Fsp3) is 0.667. The van der Waals surface area contributed by atoms with Crippen LogP contribution in [0.25, 0.3) is 0 Å². The molecule has 1 amide bonds. The van der Waals surface area contributed by atoms with E-state index in [1.807, 2.05) is 0 Å². The Morgan fingerprint density at radius 3 is 2.86 bits per heavy atom. The molecule has 2 atom stereocenters. The number of hydrogen-bond donors (Lipinski definition) is 3. The molecule has 0 rings (SSSR count). The summed E-state index contributed by atoms with van der Waals surface area (Å²) in [6.07, 6.45) is 4.20. The molecule has 0 aromatic carbocycles. The van der Waals surface area contributed by atoms with Crippen molar-refractivity contribution in [2.75, 3.05) is 18.9 Å². The van der Waals surface area contributed by atoms with E-state index in [9.17, 15) is 4.79 Å². The molecule has 14 heavy (non-hydrogen) atoms. The summed E-state index contributed by atoms with van der Waals surface area (Å²) in [7, 11) is 0. The number of amides is 1. The van der Waals surface area contributed by atoms with Gasteiger partial charge in [0.2, 0.25) is 5.91 Å². The smallest absolute Gasteiger partial charge is 0.233 e. The highest BCUT2D eigenvalue weighted by Gasteiger charge is 2.14. The molecule has 0 spiro atoms. The zero-order valence-corrected chi connectivity index (χ0v) is 8.88. The SMILES string of the molecule is C#CCNC(=O)C(C)SCC(O)CO. The van der Waals surface area contributed by atoms with Crippen LogP contribution in [0.1, 0.15) is 6.92 Å². The lowest BCUT2D eigenvalue weighted by molar-refractivity contribution is -0.120. The van der Waals surface area contributed by atoms with Gasteiger partial charge in [-0.1, -0.05) is 5.92 Å². The van der Waals surface area contributed by atoms with Crippen LogP contribution in [0.5, 0.6) is 0 Å². The molecule has 0 bridgehead atoms. The van der Waals surface area contributed by atoms with Crippen LogP contribution < -0.4 is 5.32 Å². The van der Waals surface area contributed by atoms with Crippen LogP contribution >= 0.6 is 11.8 Å². The summed E-state index contributed by atoms with van der Waals surface area (Å²) in [4.78, 5) is 11.2. The van der Waals surface area contributed by atoms with E-state index in [2.05, 4.69) is 11.2 Å². The Morgan fingerprint density at radius 1 is 1.71 bits per heavy atom. The minimum Gasteiger partial charge on any atom is -0.394 e. The van der Waals surface area contributed by atoms with Crippen molar-refractivity contribution in [3.63, 3.8) is 0 Å². The van der Waals surface area contributed by atoms with Crippen LogP contribution in [0.15, 0.2) is 0 Å². The summed E-state index contributed by atoms with van der Waals surface area (Å²) >= 11 is 1.28. The van der Waals surface area contributed by atoms with Crippen molar-refractivity contribution in [2.45, 2.75) is 18.3 Å². The molecule has 0 saturated carbocycles. The first kappa shape index (κ1) is 13.3. The van der Waals surface area contributed by atoms with E-state index in [0.29, 0.717) is 5.75 Å². The number of nitrogens with one attached hydrogen (secondary N) is 1. The molecule has 0 fully saturated rings. The van der Waals surface area contributed by atoms with Gasteiger partial charge in [-0.15, -0.1) is 18.2 Å². The van der Waals surface area contributed by atoms with Crippen molar-refractivity contribution < 1.29 is 15.0 Å². The van der Waals surface area contributed by atoms with Crippen molar-refractivity contribution in [1.29, 1.82) is 0 Å². The third-order valence-corrected chi connectivity index (χ3v) is 2.77. The second-order valence-corrected chi connectivity index (χ2v) is 4.11. The predicted octanol–water partition coefficient (Wildman–Crippen LogP) is -0.789. The predicted molar refractivity (Wildman–Crippen MR) is 56.9 cm³/mol. The number of carbonyl (C=O) groups is 1. The second kappa shape index (κ2) is 7.68. The molecule has 3 N–H and O–H groups in total. The zero-order chi connectivity index (χ0) is 11.0. The fourth-order valence-electron chi connectivity index (χ4n) is 0.666. The minimum absolute atomic E-state index is 0.155. The average Bonchev–Trinajstić information content (AvgIpc) is 2.21. The first-order valence-electron chi connectivity index (χ1n) is 4.23. The van der Waals surface area contributed by atoms with Gasteiger partial charge in [-0.05, 0) is 6.92 Å². The molecule has 4 nitrogen and oxygen atoms in total. The van der Waals surface area contributed by atoms with E-state index in [1.54, 1.807) is 6.92 Å². The Balaban J connectivity index is 3.68. The van der Waals surface area contributed by atoms with Gasteiger partial charge in [0.15, 0.2) is 0 Å². The third kappa shape index (κ3) is 5.86. The number of aliphatic hydroxyl groups is 2. The van der Waals surface area contributed by atoms with Crippen molar-refractivity contribution in [2.24, 2.45) is 0 Å². The molecule has 0 aliphatic rings. The van der Waals surface area contributed by atoms with Gasteiger partial charge in [-0.3, -0.25) is 4.79 Å². The molecule has 5 heteroatoms. The van der Waals surface area contributed by atoms with Gasteiger partial charge in [-0.25, -0.2) is 0 Å². The maximum absolute atomic E-state index is 11.2. The summed E-state index contributed by atoms with van der Waals surface area (Å²) in [6.45, 7) is 1.65. The van der Waals surface area contributed by atoms with Crippen molar-refractivity contribution in [3.8, 4) is 12.3 Å². The van der Waals surface area contributed by atoms with Crippen LogP contribution in [0.2, 0.25) is 0 Å².